The molecule has 0 spiro atoms. The number of carbonyl (C=O) groups excluding carboxylic acids is 1. The summed E-state index contributed by atoms with van der Waals surface area (Å²) < 4.78 is 22.9. The van der Waals surface area contributed by atoms with Crippen LogP contribution in [0.1, 0.15) is 22.5 Å². The fraction of sp³-hybridized carbons (Fsp3) is 0.250. The van der Waals surface area contributed by atoms with Crippen LogP contribution in [0.25, 0.3) is 0 Å². The van der Waals surface area contributed by atoms with E-state index in [9.17, 15) is 13.2 Å². The van der Waals surface area contributed by atoms with Crippen LogP contribution in [0, 0.1) is 11.3 Å². The molecular formula is C16H15N5O3S. The van der Waals surface area contributed by atoms with E-state index in [1.807, 2.05) is 6.07 Å². The zero-order valence-corrected chi connectivity index (χ0v) is 14.0. The summed E-state index contributed by atoms with van der Waals surface area (Å²) in [6.07, 6.45) is 1.86. The van der Waals surface area contributed by atoms with Crippen molar-refractivity contribution in [2.75, 3.05) is 16.8 Å². The zero-order valence-electron chi connectivity index (χ0n) is 13.1. The molecule has 1 aliphatic heterocycles. The third-order valence-electron chi connectivity index (χ3n) is 3.73. The Balaban J connectivity index is 1.68. The van der Waals surface area contributed by atoms with Crippen molar-refractivity contribution in [2.45, 2.75) is 12.5 Å². The van der Waals surface area contributed by atoms with Gasteiger partial charge in [0.05, 0.1) is 23.1 Å². The Kier molecular flexibility index (Phi) is 4.63. The van der Waals surface area contributed by atoms with E-state index in [1.165, 1.54) is 12.3 Å². The molecule has 3 rings (SSSR count). The molecule has 0 aliphatic carbocycles. The fourth-order valence-electron chi connectivity index (χ4n) is 2.47. The molecule has 0 saturated carbocycles. The lowest BCUT2D eigenvalue weighted by atomic mass is 10.2. The van der Waals surface area contributed by atoms with E-state index in [2.05, 4.69) is 20.6 Å². The normalized spacial score (nSPS) is 18.3. The van der Waals surface area contributed by atoms with Crippen LogP contribution in [-0.4, -0.2) is 41.8 Å². The first kappa shape index (κ1) is 16.9. The smallest absolute Gasteiger partial charge is 0.270 e. The van der Waals surface area contributed by atoms with Crippen LogP contribution in [0.2, 0.25) is 0 Å². The Morgan fingerprint density at radius 3 is 2.64 bits per heavy atom. The van der Waals surface area contributed by atoms with Crippen molar-refractivity contribution in [2.24, 2.45) is 0 Å². The molecule has 1 unspecified atom stereocenters. The molecule has 0 bridgehead atoms. The Hall–Kier alpha value is -2.99. The third-order valence-corrected chi connectivity index (χ3v) is 5.49. The van der Waals surface area contributed by atoms with Crippen molar-refractivity contribution in [3.05, 3.63) is 47.8 Å². The molecule has 1 amide bonds. The minimum Gasteiger partial charge on any atom is -0.347 e. The maximum atomic E-state index is 12.2. The van der Waals surface area contributed by atoms with Gasteiger partial charge >= 0.3 is 0 Å². The lowest BCUT2D eigenvalue weighted by molar-refractivity contribution is 0.0936. The van der Waals surface area contributed by atoms with Gasteiger partial charge in [0.25, 0.3) is 5.91 Å². The number of rotatable bonds is 4. The molecule has 8 nitrogen and oxygen atoms in total. The minimum atomic E-state index is -3.06. The Morgan fingerprint density at radius 1 is 1.24 bits per heavy atom. The quantitative estimate of drug-likeness (QED) is 0.836. The first-order chi connectivity index (χ1) is 11.9. The summed E-state index contributed by atoms with van der Waals surface area (Å²) in [5, 5.41) is 14.4. The van der Waals surface area contributed by atoms with Crippen LogP contribution in [0.5, 0.6) is 0 Å². The number of amides is 1. The lowest BCUT2D eigenvalue weighted by Gasteiger charge is -2.11. The molecule has 2 N–H and O–H groups in total. The Labute approximate surface area is 144 Å². The molecule has 25 heavy (non-hydrogen) atoms. The molecule has 1 aromatic heterocycles. The highest BCUT2D eigenvalue weighted by atomic mass is 32.2. The topological polar surface area (TPSA) is 125 Å². The largest absolute Gasteiger partial charge is 0.347 e. The number of carbonyl (C=O) groups is 1. The van der Waals surface area contributed by atoms with Gasteiger partial charge in [0.15, 0.2) is 9.84 Å². The highest BCUT2D eigenvalue weighted by Gasteiger charge is 2.29. The van der Waals surface area contributed by atoms with Crippen LogP contribution < -0.4 is 10.6 Å². The van der Waals surface area contributed by atoms with E-state index in [0.717, 1.165) is 0 Å². The molecule has 0 radical (unpaired) electrons. The van der Waals surface area contributed by atoms with Crippen LogP contribution in [-0.2, 0) is 9.84 Å². The van der Waals surface area contributed by atoms with Gasteiger partial charge in [-0.1, -0.05) is 0 Å². The van der Waals surface area contributed by atoms with Crippen molar-refractivity contribution in [1.82, 2.24) is 15.3 Å². The van der Waals surface area contributed by atoms with Gasteiger partial charge in [0.1, 0.15) is 5.69 Å². The molecule has 1 aromatic carbocycles. The van der Waals surface area contributed by atoms with E-state index in [1.54, 1.807) is 24.3 Å². The van der Waals surface area contributed by atoms with E-state index in [-0.39, 0.29) is 29.2 Å². The van der Waals surface area contributed by atoms with Gasteiger partial charge < -0.3 is 10.6 Å². The predicted octanol–water partition coefficient (Wildman–Crippen LogP) is 1.01. The fourth-order valence-corrected chi connectivity index (χ4v) is 4.14. The highest BCUT2D eigenvalue weighted by Crippen LogP contribution is 2.15. The van der Waals surface area contributed by atoms with E-state index < -0.39 is 15.7 Å². The second-order valence-corrected chi connectivity index (χ2v) is 7.88. The van der Waals surface area contributed by atoms with Crippen molar-refractivity contribution < 1.29 is 13.2 Å². The maximum Gasteiger partial charge on any atom is 0.270 e. The summed E-state index contributed by atoms with van der Waals surface area (Å²) in [5.74, 6) is -0.156. The van der Waals surface area contributed by atoms with Gasteiger partial charge in [0, 0.05) is 17.9 Å². The SMILES string of the molecule is N#Cc1ccc(Nc2nccc(C(=O)NC3CCS(=O)(=O)C3)n2)cc1. The Bertz CT molecular complexity index is 935. The number of hydrogen-bond acceptors (Lipinski definition) is 7. The summed E-state index contributed by atoms with van der Waals surface area (Å²) >= 11 is 0. The van der Waals surface area contributed by atoms with Crippen molar-refractivity contribution in [3.63, 3.8) is 0 Å². The first-order valence-electron chi connectivity index (χ1n) is 7.57. The summed E-state index contributed by atoms with van der Waals surface area (Å²) in [6, 6.07) is 9.82. The lowest BCUT2D eigenvalue weighted by Crippen LogP contribution is -2.36. The number of nitrogens with one attached hydrogen (secondary N) is 2. The molecule has 2 aromatic rings. The van der Waals surface area contributed by atoms with Crippen LogP contribution in [0.15, 0.2) is 36.5 Å². The molecule has 1 atom stereocenters. The predicted molar refractivity (Wildman–Crippen MR) is 91.0 cm³/mol. The molecule has 2 heterocycles. The van der Waals surface area contributed by atoms with Gasteiger partial charge in [-0.3, -0.25) is 4.79 Å². The summed E-state index contributed by atoms with van der Waals surface area (Å²) in [6.45, 7) is 0. The average Bonchev–Trinajstić information content (AvgIpc) is 2.94. The monoisotopic (exact) mass is 357 g/mol. The van der Waals surface area contributed by atoms with Crippen molar-refractivity contribution in [3.8, 4) is 6.07 Å². The van der Waals surface area contributed by atoms with Gasteiger partial charge in [-0.2, -0.15) is 5.26 Å². The highest BCUT2D eigenvalue weighted by molar-refractivity contribution is 7.91. The van der Waals surface area contributed by atoms with E-state index in [0.29, 0.717) is 17.7 Å². The third kappa shape index (κ3) is 4.30. The zero-order chi connectivity index (χ0) is 17.9. The van der Waals surface area contributed by atoms with E-state index >= 15 is 0 Å². The van der Waals surface area contributed by atoms with E-state index in [4.69, 9.17) is 5.26 Å². The number of aromatic nitrogens is 2. The number of sulfone groups is 1. The molecular weight excluding hydrogens is 342 g/mol. The molecule has 1 aliphatic rings. The second-order valence-electron chi connectivity index (χ2n) is 5.65. The summed E-state index contributed by atoms with van der Waals surface area (Å²) in [7, 11) is -3.06. The number of nitriles is 1. The van der Waals surface area contributed by atoms with Gasteiger partial charge in [-0.05, 0) is 36.8 Å². The van der Waals surface area contributed by atoms with Crippen LogP contribution >= 0.6 is 0 Å². The average molecular weight is 357 g/mol. The van der Waals surface area contributed by atoms with Crippen LogP contribution in [0.3, 0.4) is 0 Å². The minimum absolute atomic E-state index is 0.0415. The van der Waals surface area contributed by atoms with Crippen molar-refractivity contribution in [1.29, 1.82) is 5.26 Å². The van der Waals surface area contributed by atoms with Crippen LogP contribution in [0.4, 0.5) is 11.6 Å². The number of benzene rings is 1. The number of anilines is 2. The summed E-state index contributed by atoms with van der Waals surface area (Å²) in [5.41, 5.74) is 1.36. The second kappa shape index (κ2) is 6.86. The van der Waals surface area contributed by atoms with Gasteiger partial charge in [-0.25, -0.2) is 18.4 Å². The molecule has 128 valence electrons. The van der Waals surface area contributed by atoms with Crippen molar-refractivity contribution >= 4 is 27.4 Å². The standard InChI is InChI=1S/C16H15N5O3S/c17-9-11-1-3-12(4-2-11)20-16-18-7-5-14(21-16)15(22)19-13-6-8-25(23,24)10-13/h1-5,7,13H,6,8,10H2,(H,19,22)(H,18,20,21). The maximum absolute atomic E-state index is 12.2. The van der Waals surface area contributed by atoms with Gasteiger partial charge in [0.2, 0.25) is 5.95 Å². The number of nitrogens with zero attached hydrogens (tertiary/aromatic N) is 3. The molecule has 9 heteroatoms. The Morgan fingerprint density at radius 2 is 2.00 bits per heavy atom. The summed E-state index contributed by atoms with van der Waals surface area (Å²) in [4.78, 5) is 20.4. The number of hydrogen-bond donors (Lipinski definition) is 2. The van der Waals surface area contributed by atoms with Gasteiger partial charge in [-0.15, -0.1) is 0 Å². The first-order valence-corrected chi connectivity index (χ1v) is 9.39. The molecule has 1 fully saturated rings. The molecule has 1 saturated heterocycles.